The van der Waals surface area contributed by atoms with Crippen molar-refractivity contribution in [3.63, 3.8) is 0 Å². The third-order valence-corrected chi connectivity index (χ3v) is 5.91. The summed E-state index contributed by atoms with van der Waals surface area (Å²) >= 11 is 0. The van der Waals surface area contributed by atoms with Crippen LogP contribution in [0.1, 0.15) is 34.6 Å². The molecule has 1 saturated heterocycles. The summed E-state index contributed by atoms with van der Waals surface area (Å²) in [5, 5.41) is 28.1. The second-order valence-corrected chi connectivity index (χ2v) is 8.45. The smallest absolute Gasteiger partial charge is 0.317 e. The average molecular weight is 431 g/mol. The van der Waals surface area contributed by atoms with Crippen molar-refractivity contribution in [3.05, 3.63) is 0 Å². The Hall–Kier alpha value is -1.75. The minimum absolute atomic E-state index is 0.0533. The highest BCUT2D eigenvalue weighted by atomic mass is 16.4. The lowest BCUT2D eigenvalue weighted by atomic mass is 10.1. The van der Waals surface area contributed by atoms with E-state index in [1.54, 1.807) is 4.90 Å². The molecule has 0 aliphatic carbocycles. The lowest BCUT2D eigenvalue weighted by Crippen LogP contribution is -2.57. The van der Waals surface area contributed by atoms with Crippen molar-refractivity contribution in [2.24, 2.45) is 0 Å². The van der Waals surface area contributed by atoms with Gasteiger partial charge in [0, 0.05) is 50.3 Å². The molecule has 4 atom stereocenters. The Balaban J connectivity index is 3.25. The Labute approximate surface area is 179 Å². The third-order valence-electron chi connectivity index (χ3n) is 5.91. The van der Waals surface area contributed by atoms with Gasteiger partial charge in [-0.25, -0.2) is 0 Å². The van der Waals surface area contributed by atoms with Gasteiger partial charge in [-0.1, -0.05) is 6.92 Å². The lowest BCUT2D eigenvalue weighted by Gasteiger charge is -2.42. The van der Waals surface area contributed by atoms with Crippen molar-refractivity contribution in [1.29, 1.82) is 0 Å². The molecule has 0 aromatic carbocycles. The molecule has 0 saturated carbocycles. The molecule has 0 aromatic rings. The number of hydrogen-bond acceptors (Lipinski definition) is 7. The molecule has 0 aromatic heterocycles. The molecule has 4 unspecified atom stereocenters. The van der Waals surface area contributed by atoms with Crippen LogP contribution in [0.4, 0.5) is 0 Å². The van der Waals surface area contributed by atoms with Crippen molar-refractivity contribution < 1.29 is 29.7 Å². The van der Waals surface area contributed by atoms with E-state index >= 15 is 0 Å². The van der Waals surface area contributed by atoms with Gasteiger partial charge in [0.25, 0.3) is 0 Å². The van der Waals surface area contributed by atoms with E-state index in [1.165, 1.54) is 0 Å². The van der Waals surface area contributed by atoms with Gasteiger partial charge in [0.2, 0.25) is 0 Å². The zero-order valence-electron chi connectivity index (χ0n) is 18.8. The topological polar surface area (TPSA) is 125 Å². The van der Waals surface area contributed by atoms with Crippen LogP contribution in [-0.4, -0.2) is 129 Å². The molecular weight excluding hydrogens is 392 g/mol. The standard InChI is InChI=1S/C20H38N4O6/c1-6-21-7-15(3)23(12-19(27)28)9-17(5)24(13-20(29)30)10-16(4)22(8-14(21)2)11-18(25)26/h14-17H,6-13H2,1-5H3,(H,25,26)(H,27,28)(H,29,30). The predicted octanol–water partition coefficient (Wildman–Crippen LogP) is 0.0357. The van der Waals surface area contributed by atoms with Gasteiger partial charge in [0.15, 0.2) is 0 Å². The first-order chi connectivity index (χ1) is 13.9. The van der Waals surface area contributed by atoms with E-state index in [2.05, 4.69) is 4.90 Å². The third kappa shape index (κ3) is 8.55. The predicted molar refractivity (Wildman–Crippen MR) is 113 cm³/mol. The first kappa shape index (κ1) is 26.3. The summed E-state index contributed by atoms with van der Waals surface area (Å²) in [6.45, 7) is 12.2. The SMILES string of the molecule is CCN1CC(C)N(CC(=O)O)CC(C)N(CC(=O)O)CC(C)N(CC(=O)O)CC1C. The van der Waals surface area contributed by atoms with Gasteiger partial charge >= 0.3 is 17.9 Å². The Morgan fingerprint density at radius 3 is 1.07 bits per heavy atom. The molecule has 10 nitrogen and oxygen atoms in total. The van der Waals surface area contributed by atoms with Gasteiger partial charge in [-0.05, 0) is 34.2 Å². The molecule has 0 radical (unpaired) electrons. The number of rotatable bonds is 7. The summed E-state index contributed by atoms with van der Waals surface area (Å²) in [7, 11) is 0. The zero-order valence-corrected chi connectivity index (χ0v) is 18.8. The molecule has 1 aliphatic rings. The Bertz CT molecular complexity index is 576. The van der Waals surface area contributed by atoms with E-state index < -0.39 is 17.9 Å². The van der Waals surface area contributed by atoms with E-state index in [4.69, 9.17) is 0 Å². The van der Waals surface area contributed by atoms with Crippen molar-refractivity contribution >= 4 is 17.9 Å². The lowest BCUT2D eigenvalue weighted by molar-refractivity contribution is -0.142. The normalized spacial score (nSPS) is 29.1. The van der Waals surface area contributed by atoms with Crippen LogP contribution in [0.3, 0.4) is 0 Å². The Morgan fingerprint density at radius 2 is 0.833 bits per heavy atom. The van der Waals surface area contributed by atoms with Crippen LogP contribution in [0, 0.1) is 0 Å². The summed E-state index contributed by atoms with van der Waals surface area (Å²) in [4.78, 5) is 42.1. The fourth-order valence-corrected chi connectivity index (χ4v) is 4.16. The second-order valence-electron chi connectivity index (χ2n) is 8.45. The fourth-order valence-electron chi connectivity index (χ4n) is 4.16. The number of nitrogens with zero attached hydrogens (tertiary/aromatic N) is 4. The first-order valence-electron chi connectivity index (χ1n) is 10.6. The van der Waals surface area contributed by atoms with E-state index in [1.807, 2.05) is 44.4 Å². The van der Waals surface area contributed by atoms with Gasteiger partial charge in [-0.15, -0.1) is 0 Å². The average Bonchev–Trinajstić information content (AvgIpc) is 2.62. The van der Waals surface area contributed by atoms with Crippen LogP contribution in [-0.2, 0) is 14.4 Å². The first-order valence-corrected chi connectivity index (χ1v) is 10.6. The molecule has 1 aliphatic heterocycles. The Kier molecular flexibility index (Phi) is 10.7. The number of hydrogen-bond donors (Lipinski definition) is 3. The molecule has 10 heteroatoms. The minimum atomic E-state index is -0.964. The minimum Gasteiger partial charge on any atom is -0.480 e. The fraction of sp³-hybridized carbons (Fsp3) is 0.850. The van der Waals surface area contributed by atoms with Crippen LogP contribution in [0.5, 0.6) is 0 Å². The summed E-state index contributed by atoms with van der Waals surface area (Å²) in [6.07, 6.45) is 0. The highest BCUT2D eigenvalue weighted by molar-refractivity contribution is 5.70. The number of likely N-dealkylation sites (N-methyl/N-ethyl adjacent to an activating group) is 1. The highest BCUT2D eigenvalue weighted by Crippen LogP contribution is 2.15. The number of carboxylic acid groups (broad SMARTS) is 3. The summed E-state index contributed by atoms with van der Waals surface area (Å²) in [6, 6.07) is -0.365. The van der Waals surface area contributed by atoms with Crippen LogP contribution >= 0.6 is 0 Å². The quantitative estimate of drug-likeness (QED) is 0.510. The van der Waals surface area contributed by atoms with E-state index in [0.29, 0.717) is 26.2 Å². The van der Waals surface area contributed by atoms with Crippen LogP contribution in [0.25, 0.3) is 0 Å². The molecule has 0 bridgehead atoms. The van der Waals surface area contributed by atoms with Crippen LogP contribution in [0.2, 0.25) is 0 Å². The van der Waals surface area contributed by atoms with Gasteiger partial charge in [0.05, 0.1) is 19.6 Å². The van der Waals surface area contributed by atoms with E-state index in [9.17, 15) is 29.7 Å². The molecular formula is C20H38N4O6. The van der Waals surface area contributed by atoms with E-state index in [0.717, 1.165) is 6.54 Å². The van der Waals surface area contributed by atoms with Crippen LogP contribution in [0.15, 0.2) is 0 Å². The van der Waals surface area contributed by atoms with Crippen LogP contribution < -0.4 is 0 Å². The van der Waals surface area contributed by atoms with Crippen molar-refractivity contribution in [3.8, 4) is 0 Å². The number of carboxylic acids is 3. The molecule has 1 heterocycles. The van der Waals surface area contributed by atoms with Gasteiger partial charge in [0.1, 0.15) is 0 Å². The number of carbonyl (C=O) groups is 3. The van der Waals surface area contributed by atoms with Gasteiger partial charge in [-0.2, -0.15) is 0 Å². The number of aliphatic carboxylic acids is 3. The zero-order chi connectivity index (χ0) is 23.0. The molecule has 30 heavy (non-hydrogen) atoms. The molecule has 1 fully saturated rings. The van der Waals surface area contributed by atoms with E-state index in [-0.39, 0.29) is 43.8 Å². The Morgan fingerprint density at radius 1 is 0.600 bits per heavy atom. The molecule has 3 N–H and O–H groups in total. The van der Waals surface area contributed by atoms with Crippen molar-refractivity contribution in [1.82, 2.24) is 19.6 Å². The monoisotopic (exact) mass is 430 g/mol. The maximum absolute atomic E-state index is 11.4. The summed E-state index contributed by atoms with van der Waals surface area (Å²) in [5.74, 6) is -2.79. The molecule has 174 valence electrons. The maximum atomic E-state index is 11.4. The molecule has 1 rings (SSSR count). The summed E-state index contributed by atoms with van der Waals surface area (Å²) < 4.78 is 0. The highest BCUT2D eigenvalue weighted by Gasteiger charge is 2.30. The van der Waals surface area contributed by atoms with Gasteiger partial charge in [-0.3, -0.25) is 34.0 Å². The largest absolute Gasteiger partial charge is 0.480 e. The summed E-state index contributed by atoms with van der Waals surface area (Å²) in [5.41, 5.74) is 0. The van der Waals surface area contributed by atoms with Gasteiger partial charge < -0.3 is 15.3 Å². The maximum Gasteiger partial charge on any atom is 0.317 e. The second kappa shape index (κ2) is 12.2. The van der Waals surface area contributed by atoms with Crippen molar-refractivity contribution in [2.75, 3.05) is 52.4 Å². The molecule has 0 amide bonds. The molecule has 0 spiro atoms. The van der Waals surface area contributed by atoms with Crippen molar-refractivity contribution in [2.45, 2.75) is 58.8 Å².